The van der Waals surface area contributed by atoms with E-state index in [4.69, 9.17) is 32.5 Å². The predicted molar refractivity (Wildman–Crippen MR) is 120 cm³/mol. The Morgan fingerprint density at radius 3 is 0.788 bits per heavy atom. The summed E-state index contributed by atoms with van der Waals surface area (Å²) in [6, 6.07) is 2.70. The molecule has 0 heterocycles. The van der Waals surface area contributed by atoms with E-state index < -0.39 is 17.9 Å². The van der Waals surface area contributed by atoms with Gasteiger partial charge in [-0.1, -0.05) is 20.8 Å². The highest BCUT2D eigenvalue weighted by Crippen LogP contribution is 2.11. The van der Waals surface area contributed by atoms with Gasteiger partial charge in [0, 0.05) is 19.3 Å². The zero-order chi connectivity index (χ0) is 26.6. The second kappa shape index (κ2) is 20.0. The first-order valence-corrected chi connectivity index (χ1v) is 9.93. The van der Waals surface area contributed by atoms with Crippen molar-refractivity contribution in [3.8, 4) is 0 Å². The van der Waals surface area contributed by atoms with Gasteiger partial charge in [0.05, 0.1) is 16.7 Å². The Morgan fingerprint density at radius 2 is 0.727 bits per heavy atom. The van der Waals surface area contributed by atoms with Gasteiger partial charge in [0.25, 0.3) is 0 Å². The lowest BCUT2D eigenvalue weighted by Gasteiger charge is -2.00. The summed E-state index contributed by atoms with van der Waals surface area (Å²) >= 11 is 0. The number of hydrogen-bond donors (Lipinski definition) is 6. The lowest BCUT2D eigenvalue weighted by Crippen LogP contribution is -2.08. The lowest BCUT2D eigenvalue weighted by molar-refractivity contribution is -0.118. The van der Waals surface area contributed by atoms with Crippen molar-refractivity contribution in [1.29, 1.82) is 0 Å². The predicted octanol–water partition coefficient (Wildman–Crippen LogP) is 1.60. The van der Waals surface area contributed by atoms with Gasteiger partial charge in [-0.3, -0.25) is 14.4 Å². The van der Waals surface area contributed by atoms with E-state index in [-0.39, 0.29) is 34.4 Å². The van der Waals surface area contributed by atoms with Gasteiger partial charge in [-0.05, 0) is 37.5 Å². The number of benzene rings is 1. The van der Waals surface area contributed by atoms with Crippen LogP contribution in [0, 0.1) is 0 Å². The normalized spacial score (nSPS) is 8.82. The van der Waals surface area contributed by atoms with Gasteiger partial charge in [0.15, 0.2) is 0 Å². The molecule has 1 rings (SSSR count). The van der Waals surface area contributed by atoms with Crippen molar-refractivity contribution < 1.29 is 44.1 Å². The van der Waals surface area contributed by atoms with Crippen LogP contribution >= 0.6 is 0 Å². The summed E-state index contributed by atoms with van der Waals surface area (Å²) in [7, 11) is 0. The molecule has 1 aromatic carbocycles. The van der Waals surface area contributed by atoms with Crippen LogP contribution in [0.5, 0.6) is 0 Å². The Hall–Kier alpha value is -3.96. The van der Waals surface area contributed by atoms with Crippen molar-refractivity contribution in [2.45, 2.75) is 59.3 Å². The Bertz CT molecular complexity index is 691. The second-order valence-electron chi connectivity index (χ2n) is 6.36. The highest BCUT2D eigenvalue weighted by molar-refractivity contribution is 5.98. The first kappa shape index (κ1) is 33.7. The number of hydrogen-bond acceptors (Lipinski definition) is 6. The molecule has 33 heavy (non-hydrogen) atoms. The average molecular weight is 472 g/mol. The molecular formula is C21H33N3O9. The van der Waals surface area contributed by atoms with Crippen LogP contribution in [0.25, 0.3) is 0 Å². The molecule has 0 fully saturated rings. The number of amides is 3. The van der Waals surface area contributed by atoms with Gasteiger partial charge >= 0.3 is 17.9 Å². The zero-order valence-electron chi connectivity index (χ0n) is 19.0. The second-order valence-corrected chi connectivity index (χ2v) is 6.36. The summed E-state index contributed by atoms with van der Waals surface area (Å²) in [4.78, 5) is 61.2. The third-order valence-electron chi connectivity index (χ3n) is 3.16. The van der Waals surface area contributed by atoms with E-state index in [1.54, 1.807) is 0 Å². The van der Waals surface area contributed by atoms with Crippen molar-refractivity contribution in [1.82, 2.24) is 0 Å². The molecule has 0 atom stereocenters. The van der Waals surface area contributed by atoms with E-state index in [1.807, 2.05) is 20.8 Å². The number of primary amides is 3. The lowest BCUT2D eigenvalue weighted by atomic mass is 10.1. The van der Waals surface area contributed by atoms with Crippen LogP contribution in [0.3, 0.4) is 0 Å². The van der Waals surface area contributed by atoms with Crippen LogP contribution in [0.1, 0.15) is 90.4 Å². The smallest absolute Gasteiger partial charge is 0.335 e. The van der Waals surface area contributed by atoms with Crippen molar-refractivity contribution in [3.63, 3.8) is 0 Å². The molecule has 186 valence electrons. The minimum Gasteiger partial charge on any atom is -0.478 e. The Morgan fingerprint density at radius 1 is 0.545 bits per heavy atom. The maximum atomic E-state index is 10.6. The molecule has 0 saturated carbocycles. The molecule has 1 aromatic rings. The quantitative estimate of drug-likeness (QED) is 0.306. The van der Waals surface area contributed by atoms with Crippen molar-refractivity contribution in [3.05, 3.63) is 34.9 Å². The highest BCUT2D eigenvalue weighted by atomic mass is 16.4. The van der Waals surface area contributed by atoms with E-state index in [1.165, 1.54) is 0 Å². The van der Waals surface area contributed by atoms with Crippen molar-refractivity contribution in [2.75, 3.05) is 0 Å². The third kappa shape index (κ3) is 22.5. The van der Waals surface area contributed by atoms with Gasteiger partial charge in [-0.15, -0.1) is 0 Å². The standard InChI is InChI=1S/C9H6O6.3C4H9NO/c10-7(11)4-1-5(8(12)13)3-6(2-4)9(14)15;3*1-2-3-4(5)6/h1-3H,(H,10,11)(H,12,13)(H,14,15);3*2-3H2,1H3,(H2,5,6). The number of nitrogens with two attached hydrogens (primary N) is 3. The van der Waals surface area contributed by atoms with Gasteiger partial charge < -0.3 is 32.5 Å². The van der Waals surface area contributed by atoms with Crippen LogP contribution in [-0.2, 0) is 14.4 Å². The fraction of sp³-hybridized carbons (Fsp3) is 0.429. The van der Waals surface area contributed by atoms with Crippen molar-refractivity contribution >= 4 is 35.6 Å². The maximum absolute atomic E-state index is 10.6. The summed E-state index contributed by atoms with van der Waals surface area (Å²) < 4.78 is 0. The van der Waals surface area contributed by atoms with Crippen molar-refractivity contribution in [2.24, 2.45) is 17.2 Å². The van der Waals surface area contributed by atoms with E-state index in [2.05, 4.69) is 0 Å². The number of rotatable bonds is 9. The van der Waals surface area contributed by atoms with Gasteiger partial charge in [0.2, 0.25) is 17.7 Å². The monoisotopic (exact) mass is 471 g/mol. The fourth-order valence-corrected chi connectivity index (χ4v) is 1.74. The number of carboxylic acid groups (broad SMARTS) is 3. The zero-order valence-corrected chi connectivity index (χ0v) is 19.0. The molecule has 0 bridgehead atoms. The van der Waals surface area contributed by atoms with E-state index >= 15 is 0 Å². The van der Waals surface area contributed by atoms with Crippen LogP contribution in [0.2, 0.25) is 0 Å². The van der Waals surface area contributed by atoms with Crippen LogP contribution < -0.4 is 17.2 Å². The molecule has 9 N–H and O–H groups in total. The molecule has 0 aliphatic carbocycles. The number of carbonyl (C=O) groups is 6. The first-order valence-electron chi connectivity index (χ1n) is 9.93. The third-order valence-corrected chi connectivity index (χ3v) is 3.16. The number of carbonyl (C=O) groups excluding carboxylic acids is 3. The number of carboxylic acids is 3. The molecule has 12 heteroatoms. The summed E-state index contributed by atoms with van der Waals surface area (Å²) in [6.07, 6.45) is 4.11. The highest BCUT2D eigenvalue weighted by Gasteiger charge is 2.14. The Balaban J connectivity index is -0.000000417. The van der Waals surface area contributed by atoms with Crippen LogP contribution in [-0.4, -0.2) is 50.9 Å². The van der Waals surface area contributed by atoms with Crippen LogP contribution in [0.15, 0.2) is 18.2 Å². The van der Waals surface area contributed by atoms with Gasteiger partial charge in [-0.2, -0.15) is 0 Å². The molecule has 0 aliphatic rings. The molecular weight excluding hydrogens is 438 g/mol. The molecule has 12 nitrogen and oxygen atoms in total. The van der Waals surface area contributed by atoms with Gasteiger partial charge in [0.1, 0.15) is 0 Å². The summed E-state index contributed by atoms with van der Waals surface area (Å²) in [5.74, 6) is -4.76. The minimum absolute atomic E-state index is 0.211. The van der Waals surface area contributed by atoms with E-state index in [9.17, 15) is 28.8 Å². The molecule has 3 amide bonds. The molecule has 0 radical (unpaired) electrons. The van der Waals surface area contributed by atoms with E-state index in [0.29, 0.717) is 19.3 Å². The first-order chi connectivity index (χ1) is 15.2. The Kier molecular flexibility index (Phi) is 20.4. The fourth-order valence-electron chi connectivity index (χ4n) is 1.74. The average Bonchev–Trinajstić information content (AvgIpc) is 2.68. The summed E-state index contributed by atoms with van der Waals surface area (Å²) in [5.41, 5.74) is 13.2. The topological polar surface area (TPSA) is 241 Å². The summed E-state index contributed by atoms with van der Waals surface area (Å²) in [6.45, 7) is 5.76. The molecule has 0 aliphatic heterocycles. The SMILES string of the molecule is CCCC(N)=O.CCCC(N)=O.CCCC(N)=O.O=C(O)c1cc(C(=O)O)cc(C(=O)O)c1. The minimum atomic E-state index is -1.37. The van der Waals surface area contributed by atoms with Crippen LogP contribution in [0.4, 0.5) is 0 Å². The van der Waals surface area contributed by atoms with Gasteiger partial charge in [-0.25, -0.2) is 14.4 Å². The molecule has 0 unspecified atom stereocenters. The maximum Gasteiger partial charge on any atom is 0.335 e. The molecule has 0 saturated heterocycles. The van der Waals surface area contributed by atoms with E-state index in [0.717, 1.165) is 37.5 Å². The Labute approximate surface area is 191 Å². The summed E-state index contributed by atoms with van der Waals surface area (Å²) in [5, 5.41) is 25.8. The largest absolute Gasteiger partial charge is 0.478 e. The number of aromatic carboxylic acids is 3. The molecule has 0 aromatic heterocycles. The molecule has 0 spiro atoms.